The minimum absolute atomic E-state index is 0.245. The molecule has 122 valence electrons. The van der Waals surface area contributed by atoms with Gasteiger partial charge in [0, 0.05) is 31.2 Å². The molecule has 2 fully saturated rings. The largest absolute Gasteiger partial charge is 0.444 e. The lowest BCUT2D eigenvalue weighted by Crippen LogP contribution is -2.35. The second-order valence-electron chi connectivity index (χ2n) is 6.57. The molecule has 2 aliphatic rings. The molecule has 0 saturated carbocycles. The fourth-order valence-corrected chi connectivity index (χ4v) is 3.69. The van der Waals surface area contributed by atoms with E-state index in [1.807, 2.05) is 0 Å². The van der Waals surface area contributed by atoms with Crippen molar-refractivity contribution >= 4 is 0 Å². The first-order valence-corrected chi connectivity index (χ1v) is 8.45. The molecule has 1 atom stereocenters. The molecule has 2 saturated heterocycles. The topological polar surface area (TPSA) is 32.5 Å². The minimum atomic E-state index is -0.245. The van der Waals surface area contributed by atoms with Crippen molar-refractivity contribution in [3.8, 4) is 11.5 Å². The molecule has 0 bridgehead atoms. The Balaban J connectivity index is 1.37. The van der Waals surface area contributed by atoms with E-state index in [1.54, 1.807) is 18.4 Å². The van der Waals surface area contributed by atoms with Crippen LogP contribution in [-0.4, -0.2) is 47.0 Å². The molecule has 5 heteroatoms. The van der Waals surface area contributed by atoms with Crippen LogP contribution in [0.3, 0.4) is 0 Å². The Morgan fingerprint density at radius 3 is 2.70 bits per heavy atom. The zero-order chi connectivity index (χ0) is 15.6. The van der Waals surface area contributed by atoms with Crippen LogP contribution in [0, 0.1) is 5.82 Å². The van der Waals surface area contributed by atoms with Gasteiger partial charge in [-0.1, -0.05) is 0 Å². The van der Waals surface area contributed by atoms with Crippen molar-refractivity contribution in [2.24, 2.45) is 0 Å². The van der Waals surface area contributed by atoms with E-state index in [9.17, 15) is 4.39 Å². The molecular weight excluding hydrogens is 293 g/mol. The van der Waals surface area contributed by atoms with Crippen molar-refractivity contribution < 1.29 is 8.81 Å². The monoisotopic (exact) mass is 315 g/mol. The van der Waals surface area contributed by atoms with Crippen molar-refractivity contribution in [2.45, 2.75) is 31.8 Å². The van der Waals surface area contributed by atoms with Crippen molar-refractivity contribution in [3.05, 3.63) is 42.0 Å². The number of hydrogen-bond donors (Lipinski definition) is 0. The van der Waals surface area contributed by atoms with E-state index in [1.165, 1.54) is 44.5 Å². The van der Waals surface area contributed by atoms with Crippen LogP contribution in [0.1, 0.15) is 25.0 Å². The van der Waals surface area contributed by atoms with E-state index in [0.717, 1.165) is 30.9 Å². The fraction of sp³-hybridized carbons (Fsp3) is 0.500. The summed E-state index contributed by atoms with van der Waals surface area (Å²) >= 11 is 0. The first-order chi connectivity index (χ1) is 11.3. The lowest BCUT2D eigenvalue weighted by molar-refractivity contribution is 0.229. The van der Waals surface area contributed by atoms with Gasteiger partial charge in [-0.05, 0) is 56.6 Å². The molecular formula is C18H22FN3O. The maximum Gasteiger partial charge on any atom is 0.226 e. The summed E-state index contributed by atoms with van der Waals surface area (Å²) in [5.41, 5.74) is 1.76. The van der Waals surface area contributed by atoms with Crippen LogP contribution < -0.4 is 0 Å². The molecule has 3 heterocycles. The van der Waals surface area contributed by atoms with Gasteiger partial charge in [0.2, 0.25) is 5.89 Å². The molecule has 0 amide bonds. The van der Waals surface area contributed by atoms with Gasteiger partial charge in [-0.25, -0.2) is 9.37 Å². The number of oxazole rings is 1. The molecule has 2 aliphatic heterocycles. The van der Waals surface area contributed by atoms with E-state index >= 15 is 0 Å². The summed E-state index contributed by atoms with van der Waals surface area (Å²) < 4.78 is 18.5. The normalized spacial score (nSPS) is 22.9. The van der Waals surface area contributed by atoms with Crippen molar-refractivity contribution in [3.63, 3.8) is 0 Å². The van der Waals surface area contributed by atoms with Crippen LogP contribution in [0.15, 0.2) is 34.9 Å². The number of benzene rings is 1. The molecule has 2 aromatic rings. The average Bonchev–Trinajstić information content (AvgIpc) is 3.29. The summed E-state index contributed by atoms with van der Waals surface area (Å²) in [7, 11) is 0. The number of likely N-dealkylation sites (tertiary alicyclic amines) is 2. The molecule has 0 N–H and O–H groups in total. The summed E-state index contributed by atoms with van der Waals surface area (Å²) in [6.45, 7) is 5.60. The quantitative estimate of drug-likeness (QED) is 0.867. The van der Waals surface area contributed by atoms with Gasteiger partial charge >= 0.3 is 0 Å². The summed E-state index contributed by atoms with van der Waals surface area (Å²) in [6.07, 6.45) is 5.67. The van der Waals surface area contributed by atoms with Crippen LogP contribution in [0.5, 0.6) is 0 Å². The van der Waals surface area contributed by atoms with Crippen molar-refractivity contribution in [2.75, 3.05) is 26.2 Å². The fourth-order valence-electron chi connectivity index (χ4n) is 3.69. The van der Waals surface area contributed by atoms with Crippen LogP contribution in [-0.2, 0) is 6.54 Å². The Labute approximate surface area is 135 Å². The molecule has 4 nitrogen and oxygen atoms in total. The number of hydrogen-bond acceptors (Lipinski definition) is 4. The predicted molar refractivity (Wildman–Crippen MR) is 86.4 cm³/mol. The molecule has 1 aromatic carbocycles. The third-order valence-electron chi connectivity index (χ3n) is 4.93. The molecule has 1 aromatic heterocycles. The Bertz CT molecular complexity index is 649. The Kier molecular flexibility index (Phi) is 4.14. The highest BCUT2D eigenvalue weighted by molar-refractivity contribution is 5.52. The van der Waals surface area contributed by atoms with E-state index < -0.39 is 0 Å². The van der Waals surface area contributed by atoms with E-state index in [4.69, 9.17) is 4.42 Å². The van der Waals surface area contributed by atoms with Crippen LogP contribution in [0.25, 0.3) is 11.5 Å². The molecule has 4 rings (SSSR count). The van der Waals surface area contributed by atoms with E-state index in [2.05, 4.69) is 14.8 Å². The van der Waals surface area contributed by atoms with Crippen LogP contribution >= 0.6 is 0 Å². The number of aromatic nitrogens is 1. The average molecular weight is 315 g/mol. The number of halogens is 1. The van der Waals surface area contributed by atoms with Crippen LogP contribution in [0.2, 0.25) is 0 Å². The highest BCUT2D eigenvalue weighted by Gasteiger charge is 2.29. The van der Waals surface area contributed by atoms with E-state index in [0.29, 0.717) is 11.9 Å². The Hall–Kier alpha value is -1.72. The third kappa shape index (κ3) is 3.31. The molecule has 23 heavy (non-hydrogen) atoms. The smallest absolute Gasteiger partial charge is 0.226 e. The lowest BCUT2D eigenvalue weighted by atomic mass is 10.2. The molecule has 0 spiro atoms. The van der Waals surface area contributed by atoms with E-state index in [-0.39, 0.29) is 5.82 Å². The SMILES string of the molecule is Fc1ccc(-c2nc(CN3CC[C@H](N4CCCC4)C3)co2)cc1. The third-order valence-corrected chi connectivity index (χ3v) is 4.93. The van der Waals surface area contributed by atoms with Gasteiger partial charge in [0.1, 0.15) is 12.1 Å². The van der Waals surface area contributed by atoms with Crippen LogP contribution in [0.4, 0.5) is 4.39 Å². The summed E-state index contributed by atoms with van der Waals surface area (Å²) in [4.78, 5) is 9.64. The minimum Gasteiger partial charge on any atom is -0.444 e. The standard InChI is InChI=1S/C18H22FN3O/c19-15-5-3-14(4-6-15)18-20-16(13-23-18)11-21-10-7-17(12-21)22-8-1-2-9-22/h3-6,13,17H,1-2,7-12H2/t17-/m0/s1. The Morgan fingerprint density at radius 1 is 1.13 bits per heavy atom. The summed E-state index contributed by atoms with van der Waals surface area (Å²) in [5, 5.41) is 0. The highest BCUT2D eigenvalue weighted by atomic mass is 19.1. The second kappa shape index (κ2) is 6.42. The van der Waals surface area contributed by atoms with Gasteiger partial charge in [-0.3, -0.25) is 9.80 Å². The Morgan fingerprint density at radius 2 is 1.91 bits per heavy atom. The second-order valence-corrected chi connectivity index (χ2v) is 6.57. The molecule has 0 unspecified atom stereocenters. The first kappa shape index (κ1) is 14.8. The maximum atomic E-state index is 13.0. The summed E-state index contributed by atoms with van der Waals surface area (Å²) in [6, 6.07) is 6.97. The lowest BCUT2D eigenvalue weighted by Gasteiger charge is -2.23. The van der Waals surface area contributed by atoms with Gasteiger partial charge in [0.15, 0.2) is 0 Å². The predicted octanol–water partition coefficient (Wildman–Crippen LogP) is 3.15. The van der Waals surface area contributed by atoms with Gasteiger partial charge < -0.3 is 4.42 Å². The first-order valence-electron chi connectivity index (χ1n) is 8.45. The maximum absolute atomic E-state index is 13.0. The van der Waals surface area contributed by atoms with Crippen molar-refractivity contribution in [1.82, 2.24) is 14.8 Å². The zero-order valence-corrected chi connectivity index (χ0v) is 13.2. The van der Waals surface area contributed by atoms with Gasteiger partial charge in [0.25, 0.3) is 0 Å². The number of rotatable bonds is 4. The van der Waals surface area contributed by atoms with Gasteiger partial charge in [0.05, 0.1) is 5.69 Å². The highest BCUT2D eigenvalue weighted by Crippen LogP contribution is 2.23. The molecule has 0 radical (unpaired) electrons. The van der Waals surface area contributed by atoms with Gasteiger partial charge in [-0.15, -0.1) is 0 Å². The van der Waals surface area contributed by atoms with Crippen molar-refractivity contribution in [1.29, 1.82) is 0 Å². The molecule has 0 aliphatic carbocycles. The number of nitrogens with zero attached hydrogens (tertiary/aromatic N) is 3. The van der Waals surface area contributed by atoms with Gasteiger partial charge in [-0.2, -0.15) is 0 Å². The zero-order valence-electron chi connectivity index (χ0n) is 13.2. The summed E-state index contributed by atoms with van der Waals surface area (Å²) in [5.74, 6) is 0.320.